The largest absolute Gasteiger partial charge is 0.313 e. The predicted molar refractivity (Wildman–Crippen MR) is 214 cm³/mol. The summed E-state index contributed by atoms with van der Waals surface area (Å²) in [5.41, 5.74) is 4.11. The van der Waals surface area contributed by atoms with Gasteiger partial charge in [-0.15, -0.1) is 0 Å². The van der Waals surface area contributed by atoms with Crippen molar-refractivity contribution in [3.63, 3.8) is 0 Å². The van der Waals surface area contributed by atoms with Crippen LogP contribution in [-0.4, -0.2) is 0 Å². The molecule has 0 N–H and O–H groups in total. The maximum atomic E-state index is 15.6. The highest BCUT2D eigenvalue weighted by Gasteiger charge is 2.32. The third kappa shape index (κ3) is 5.86. The Bertz CT molecular complexity index is 2260. The first-order valence-corrected chi connectivity index (χ1v) is 20.8. The molecule has 0 aromatic heterocycles. The van der Waals surface area contributed by atoms with Crippen LogP contribution in [0.25, 0.3) is 32.7 Å². The summed E-state index contributed by atoms with van der Waals surface area (Å²) >= 11 is 0. The van der Waals surface area contributed by atoms with Crippen molar-refractivity contribution in [1.82, 2.24) is 0 Å². The molecule has 0 unspecified atom stereocenters. The summed E-state index contributed by atoms with van der Waals surface area (Å²) in [4.78, 5) is 0. The molecule has 8 aromatic rings. The van der Waals surface area contributed by atoms with Gasteiger partial charge in [0, 0.05) is 33.5 Å². The molecule has 0 fully saturated rings. The molecule has 0 aliphatic carbocycles. The van der Waals surface area contributed by atoms with Crippen LogP contribution >= 0.6 is 14.3 Å². The Kier molecular flexibility index (Phi) is 8.68. The Labute approximate surface area is 293 Å². The second-order valence-electron chi connectivity index (χ2n) is 12.8. The average Bonchev–Trinajstić information content (AvgIpc) is 3.19. The third-order valence-electron chi connectivity index (χ3n) is 9.76. The van der Waals surface area contributed by atoms with Crippen LogP contribution in [0, 0.1) is 0 Å². The number of rotatable bonds is 9. The molecule has 0 saturated carbocycles. The fourth-order valence-corrected chi connectivity index (χ4v) is 12.7. The Hall–Kier alpha value is -5.26. The van der Waals surface area contributed by atoms with Gasteiger partial charge in [0.25, 0.3) is 0 Å². The molecule has 0 radical (unpaired) electrons. The minimum atomic E-state index is -3.14. The van der Waals surface area contributed by atoms with Gasteiger partial charge in [-0.25, -0.2) is 0 Å². The minimum Gasteiger partial charge on any atom is -0.313 e. The van der Waals surface area contributed by atoms with E-state index in [1.165, 1.54) is 0 Å². The first-order chi connectivity index (χ1) is 24.5. The van der Waals surface area contributed by atoms with E-state index in [1.54, 1.807) is 0 Å². The average molecular weight is 683 g/mol. The highest BCUT2D eigenvalue weighted by atomic mass is 31.2. The molecule has 0 amide bonds. The molecule has 0 bridgehead atoms. The second-order valence-corrected chi connectivity index (χ2v) is 18.4. The molecular formula is C46H36O2P2. The fourth-order valence-electron chi connectivity index (χ4n) is 7.31. The molecule has 2 nitrogen and oxygen atoms in total. The molecule has 0 saturated heterocycles. The van der Waals surface area contributed by atoms with Crippen LogP contribution in [0.3, 0.4) is 0 Å². The highest BCUT2D eigenvalue weighted by Crippen LogP contribution is 2.53. The molecule has 0 atom stereocenters. The zero-order chi connectivity index (χ0) is 34.0. The van der Waals surface area contributed by atoms with Crippen LogP contribution in [-0.2, 0) is 21.5 Å². The number of hydrogen-bond donors (Lipinski definition) is 0. The van der Waals surface area contributed by atoms with E-state index in [0.717, 1.165) is 65.0 Å². The molecule has 0 heterocycles. The van der Waals surface area contributed by atoms with Crippen LogP contribution in [0.5, 0.6) is 0 Å². The van der Waals surface area contributed by atoms with E-state index >= 15 is 9.13 Å². The molecule has 242 valence electrons. The monoisotopic (exact) mass is 682 g/mol. The number of hydrogen-bond acceptors (Lipinski definition) is 2. The topological polar surface area (TPSA) is 34.1 Å². The van der Waals surface area contributed by atoms with Crippen LogP contribution in [0.4, 0.5) is 0 Å². The van der Waals surface area contributed by atoms with Gasteiger partial charge in [-0.3, -0.25) is 0 Å². The van der Waals surface area contributed by atoms with Crippen LogP contribution < -0.4 is 21.2 Å². The van der Waals surface area contributed by atoms with Crippen LogP contribution in [0.15, 0.2) is 194 Å². The maximum absolute atomic E-state index is 15.6. The van der Waals surface area contributed by atoms with Gasteiger partial charge in [-0.2, -0.15) is 0 Å². The lowest BCUT2D eigenvalue weighted by molar-refractivity contribution is 0.585. The van der Waals surface area contributed by atoms with Crippen molar-refractivity contribution in [1.29, 1.82) is 0 Å². The van der Waals surface area contributed by atoms with Crippen molar-refractivity contribution in [3.8, 4) is 11.1 Å². The molecule has 4 heteroatoms. The molecule has 0 aliphatic rings. The predicted octanol–water partition coefficient (Wildman–Crippen LogP) is 10.7. The van der Waals surface area contributed by atoms with Crippen molar-refractivity contribution in [2.75, 3.05) is 0 Å². The van der Waals surface area contributed by atoms with E-state index in [2.05, 4.69) is 72.8 Å². The Balaban J connectivity index is 1.42. The fraction of sp³-hybridized carbons (Fsp3) is 0.0435. The van der Waals surface area contributed by atoms with E-state index in [4.69, 9.17) is 0 Å². The zero-order valence-corrected chi connectivity index (χ0v) is 29.4. The van der Waals surface area contributed by atoms with Gasteiger partial charge in [0.05, 0.1) is 0 Å². The van der Waals surface area contributed by atoms with Crippen LogP contribution in [0.2, 0.25) is 0 Å². The first-order valence-electron chi connectivity index (χ1n) is 17.0. The zero-order valence-electron chi connectivity index (χ0n) is 27.6. The molecular weight excluding hydrogens is 646 g/mol. The van der Waals surface area contributed by atoms with E-state index in [-0.39, 0.29) is 0 Å². The lowest BCUT2D eigenvalue weighted by Crippen LogP contribution is -2.18. The van der Waals surface area contributed by atoms with Gasteiger partial charge in [-0.05, 0) is 43.8 Å². The van der Waals surface area contributed by atoms with Gasteiger partial charge in [0.15, 0.2) is 0 Å². The van der Waals surface area contributed by atoms with Crippen molar-refractivity contribution in [2.45, 2.75) is 12.3 Å². The van der Waals surface area contributed by atoms with Crippen molar-refractivity contribution < 1.29 is 9.13 Å². The van der Waals surface area contributed by atoms with Gasteiger partial charge < -0.3 is 9.13 Å². The van der Waals surface area contributed by atoms with E-state index in [0.29, 0.717) is 12.3 Å². The maximum Gasteiger partial charge on any atom is 0.147 e. The summed E-state index contributed by atoms with van der Waals surface area (Å²) in [6, 6.07) is 65.1. The van der Waals surface area contributed by atoms with Crippen LogP contribution in [0.1, 0.15) is 11.1 Å². The summed E-state index contributed by atoms with van der Waals surface area (Å²) in [5.74, 6) is 0. The second kappa shape index (κ2) is 13.6. The first kappa shape index (κ1) is 32.0. The van der Waals surface area contributed by atoms with Gasteiger partial charge >= 0.3 is 0 Å². The Morgan fingerprint density at radius 1 is 0.300 bits per heavy atom. The lowest BCUT2D eigenvalue weighted by atomic mass is 9.88. The summed E-state index contributed by atoms with van der Waals surface area (Å²) < 4.78 is 31.2. The Morgan fingerprint density at radius 2 is 0.580 bits per heavy atom. The third-order valence-corrected chi connectivity index (χ3v) is 15.9. The molecule has 0 spiro atoms. The van der Waals surface area contributed by atoms with Crippen molar-refractivity contribution in [2.24, 2.45) is 0 Å². The quantitative estimate of drug-likeness (QED) is 0.142. The normalized spacial score (nSPS) is 11.9. The van der Waals surface area contributed by atoms with Gasteiger partial charge in [0.1, 0.15) is 14.3 Å². The van der Waals surface area contributed by atoms with E-state index in [1.807, 2.05) is 121 Å². The molecule has 8 rings (SSSR count). The summed E-state index contributed by atoms with van der Waals surface area (Å²) in [6.45, 7) is 0. The molecule has 0 aliphatic heterocycles. The number of fused-ring (bicyclic) bond motifs is 2. The Morgan fingerprint density at radius 3 is 0.900 bits per heavy atom. The smallest absolute Gasteiger partial charge is 0.147 e. The summed E-state index contributed by atoms with van der Waals surface area (Å²) in [6.07, 6.45) is 0.692. The summed E-state index contributed by atoms with van der Waals surface area (Å²) in [7, 11) is -6.28. The van der Waals surface area contributed by atoms with Gasteiger partial charge in [0.2, 0.25) is 0 Å². The van der Waals surface area contributed by atoms with Crippen molar-refractivity contribution in [3.05, 3.63) is 205 Å². The number of benzene rings is 8. The van der Waals surface area contributed by atoms with Gasteiger partial charge in [-0.1, -0.05) is 194 Å². The summed E-state index contributed by atoms with van der Waals surface area (Å²) in [5, 5.41) is 7.72. The highest BCUT2D eigenvalue weighted by molar-refractivity contribution is 7.78. The molecule has 8 aromatic carbocycles. The standard InChI is InChI=1S/C46H36O2P2/c47-49(39-19-5-1-6-20-39,40-21-7-2-8-22-40)33-37-31-29-35-17-13-15-27-43(35)45(37)46-38(32-30-36-18-14-16-28-44(36)46)34-50(48,41-23-9-3-10-24-41)42-25-11-4-12-26-42/h1-32H,33-34H2. The van der Waals surface area contributed by atoms with Crippen molar-refractivity contribution >= 4 is 57.0 Å². The van der Waals surface area contributed by atoms with E-state index < -0.39 is 14.3 Å². The SMILES string of the molecule is O=P(Cc1ccc2ccccc2c1-c1c(CP(=O)(c2ccccc2)c2ccccc2)ccc2ccccc12)(c1ccccc1)c1ccccc1. The minimum absolute atomic E-state index is 0.346. The van der Waals surface area contributed by atoms with E-state index in [9.17, 15) is 0 Å². The molecule has 50 heavy (non-hydrogen) atoms. The lowest BCUT2D eigenvalue weighted by Gasteiger charge is -2.25.